The molecule has 0 radical (unpaired) electrons. The maximum absolute atomic E-state index is 12.8. The van der Waals surface area contributed by atoms with E-state index in [1.54, 1.807) is 0 Å². The summed E-state index contributed by atoms with van der Waals surface area (Å²) < 4.78 is 40.2. The van der Waals surface area contributed by atoms with Crippen LogP contribution in [-0.2, 0) is 13.6 Å². The number of nitrogens with zero attached hydrogens (tertiary/aromatic N) is 5. The Balaban J connectivity index is 2.46. The Kier molecular flexibility index (Phi) is 3.46. The van der Waals surface area contributed by atoms with Crippen molar-refractivity contribution in [2.45, 2.75) is 12.7 Å². The smallest absolute Gasteiger partial charge is 0.393 e. The molecule has 0 aromatic carbocycles. The molecule has 0 saturated heterocycles. The minimum atomic E-state index is -4.66. The number of aryl methyl sites for hydroxylation is 1. The molecule has 0 aliphatic heterocycles. The highest BCUT2D eigenvalue weighted by atomic mass is 32.1. The van der Waals surface area contributed by atoms with Crippen molar-refractivity contribution in [1.82, 2.24) is 24.8 Å². The van der Waals surface area contributed by atoms with Gasteiger partial charge in [-0.1, -0.05) is 17.4 Å². The maximum Gasteiger partial charge on any atom is 0.399 e. The highest BCUT2D eigenvalue weighted by Gasteiger charge is 2.42. The van der Waals surface area contributed by atoms with E-state index >= 15 is 0 Å². The average molecular weight is 306 g/mol. The third-order valence-corrected chi connectivity index (χ3v) is 3.00. The molecule has 0 aliphatic carbocycles. The van der Waals surface area contributed by atoms with Crippen LogP contribution in [0.2, 0.25) is 0 Å². The summed E-state index contributed by atoms with van der Waals surface area (Å²) >= 11 is 4.39. The molecule has 2 aromatic rings. The summed E-state index contributed by atoms with van der Waals surface area (Å²) in [4.78, 5) is 11.2. The molecular weight excluding hydrogens is 297 g/mol. The fraction of sp³-hybridized carbons (Fsp3) is 0.444. The lowest BCUT2D eigenvalue weighted by molar-refractivity contribution is -0.158. The molecule has 0 amide bonds. The van der Waals surface area contributed by atoms with Crippen molar-refractivity contribution in [1.29, 1.82) is 0 Å². The van der Waals surface area contributed by atoms with E-state index in [2.05, 4.69) is 27.6 Å². The Morgan fingerprint density at radius 1 is 1.55 bits per heavy atom. The first-order valence-electron chi connectivity index (χ1n) is 5.33. The van der Waals surface area contributed by atoms with Gasteiger partial charge in [-0.2, -0.15) is 18.3 Å². The molecule has 0 aliphatic rings. The van der Waals surface area contributed by atoms with Crippen molar-refractivity contribution in [2.75, 3.05) is 0 Å². The van der Waals surface area contributed by atoms with Crippen molar-refractivity contribution in [3.05, 3.63) is 16.6 Å². The van der Waals surface area contributed by atoms with Gasteiger partial charge in [-0.05, 0) is 0 Å². The number of hydrogen-bond acceptors (Lipinski definition) is 5. The highest BCUT2D eigenvalue weighted by Crippen LogP contribution is 2.27. The summed E-state index contributed by atoms with van der Waals surface area (Å²) in [5.41, 5.74) is 4.53. The third-order valence-electron chi connectivity index (χ3n) is 2.71. The third kappa shape index (κ3) is 2.48. The van der Waals surface area contributed by atoms with E-state index in [0.29, 0.717) is 4.68 Å². The summed E-state index contributed by atoms with van der Waals surface area (Å²) in [6.45, 7) is -0.810. The zero-order valence-electron chi connectivity index (χ0n) is 10.1. The van der Waals surface area contributed by atoms with Crippen molar-refractivity contribution >= 4 is 28.2 Å². The van der Waals surface area contributed by atoms with Gasteiger partial charge < -0.3 is 5.73 Å². The van der Waals surface area contributed by atoms with Gasteiger partial charge in [0.2, 0.25) is 0 Å². The van der Waals surface area contributed by atoms with E-state index in [4.69, 9.17) is 5.73 Å². The van der Waals surface area contributed by atoms with E-state index in [9.17, 15) is 18.0 Å². The van der Waals surface area contributed by atoms with Gasteiger partial charge in [0.05, 0.1) is 17.7 Å². The van der Waals surface area contributed by atoms with E-state index in [1.165, 1.54) is 17.9 Å². The van der Waals surface area contributed by atoms with Crippen LogP contribution in [-0.4, -0.2) is 35.9 Å². The Labute approximate surface area is 115 Å². The van der Waals surface area contributed by atoms with Crippen LogP contribution in [0, 0.1) is 5.92 Å². The van der Waals surface area contributed by atoms with Crippen molar-refractivity contribution in [3.8, 4) is 0 Å². The average Bonchev–Trinajstić information content (AvgIpc) is 2.69. The van der Waals surface area contributed by atoms with Crippen LogP contribution in [0.5, 0.6) is 0 Å². The Bertz CT molecular complexity index is 721. The largest absolute Gasteiger partial charge is 0.399 e. The Morgan fingerprint density at radius 2 is 2.20 bits per heavy atom. The first-order chi connectivity index (χ1) is 9.21. The molecule has 2 heterocycles. The van der Waals surface area contributed by atoms with Crippen LogP contribution in [0.25, 0.3) is 11.0 Å². The Morgan fingerprint density at radius 3 is 2.75 bits per heavy atom. The van der Waals surface area contributed by atoms with Crippen LogP contribution in [0.15, 0.2) is 11.0 Å². The van der Waals surface area contributed by atoms with Gasteiger partial charge in [0.25, 0.3) is 5.56 Å². The summed E-state index contributed by atoms with van der Waals surface area (Å²) in [6.07, 6.45) is -3.44. The second-order valence-electron chi connectivity index (χ2n) is 4.08. The molecule has 108 valence electrons. The van der Waals surface area contributed by atoms with Gasteiger partial charge >= 0.3 is 6.18 Å². The Hall–Kier alpha value is -2.04. The molecular formula is C9H9F3N6OS. The van der Waals surface area contributed by atoms with E-state index in [-0.39, 0.29) is 11.0 Å². The van der Waals surface area contributed by atoms with Crippen LogP contribution in [0.4, 0.5) is 13.2 Å². The molecule has 20 heavy (non-hydrogen) atoms. The van der Waals surface area contributed by atoms with Gasteiger partial charge in [-0.15, -0.1) is 5.10 Å². The zero-order chi connectivity index (χ0) is 15.1. The van der Waals surface area contributed by atoms with E-state index in [1.807, 2.05) is 0 Å². The zero-order valence-corrected chi connectivity index (χ0v) is 10.9. The molecule has 2 rings (SSSR count). The van der Waals surface area contributed by atoms with Crippen LogP contribution in [0.3, 0.4) is 0 Å². The monoisotopic (exact) mass is 306 g/mol. The molecule has 0 fully saturated rings. The minimum absolute atomic E-state index is 0.0753. The van der Waals surface area contributed by atoms with E-state index in [0.717, 1.165) is 0 Å². The first kappa shape index (κ1) is 14.4. The minimum Gasteiger partial charge on any atom is -0.393 e. The number of rotatable bonds is 3. The number of fused-ring (bicyclic) bond motifs is 1. The molecule has 0 saturated carbocycles. The number of alkyl halides is 3. The van der Waals surface area contributed by atoms with Crippen LogP contribution in [0.1, 0.15) is 0 Å². The van der Waals surface area contributed by atoms with Gasteiger partial charge in [0.1, 0.15) is 11.3 Å². The summed E-state index contributed by atoms with van der Waals surface area (Å²) in [7, 11) is 1.54. The number of hydrogen-bond donors (Lipinski definition) is 1. The van der Waals surface area contributed by atoms with Crippen molar-refractivity contribution in [2.24, 2.45) is 18.7 Å². The molecule has 0 bridgehead atoms. The fourth-order valence-electron chi connectivity index (χ4n) is 1.62. The molecule has 7 nitrogen and oxygen atoms in total. The lowest BCUT2D eigenvalue weighted by atomic mass is 10.1. The second kappa shape index (κ2) is 4.81. The standard InChI is InChI=1S/C9H9F3N6OS/c1-17-7-4(2-14-17)8(19)18(16-15-7)3-5(6(13)20)9(10,11)12/h2,5H,3H2,1H3,(H2,13,20). The maximum atomic E-state index is 12.8. The van der Waals surface area contributed by atoms with Gasteiger partial charge in [0, 0.05) is 7.05 Å². The topological polar surface area (TPSA) is 91.6 Å². The number of thiocarbonyl (C=S) groups is 1. The lowest BCUT2D eigenvalue weighted by Gasteiger charge is -2.18. The molecule has 0 spiro atoms. The van der Waals surface area contributed by atoms with Crippen molar-refractivity contribution < 1.29 is 13.2 Å². The van der Waals surface area contributed by atoms with Crippen LogP contribution >= 0.6 is 12.2 Å². The SMILES string of the molecule is Cn1ncc2c(=O)n(CC(C(N)=S)C(F)(F)F)nnc21. The fourth-order valence-corrected chi connectivity index (χ4v) is 1.83. The highest BCUT2D eigenvalue weighted by molar-refractivity contribution is 7.80. The first-order valence-corrected chi connectivity index (χ1v) is 5.74. The summed E-state index contributed by atoms with van der Waals surface area (Å²) in [6, 6.07) is 0. The molecule has 11 heteroatoms. The normalized spacial score (nSPS) is 13.6. The van der Waals surface area contributed by atoms with Gasteiger partial charge in [0.15, 0.2) is 5.65 Å². The predicted octanol–water partition coefficient (Wildman–Crippen LogP) is -0.0104. The van der Waals surface area contributed by atoms with Gasteiger partial charge in [-0.3, -0.25) is 4.79 Å². The molecule has 2 N–H and O–H groups in total. The summed E-state index contributed by atoms with van der Waals surface area (Å²) in [5, 5.41) is 11.0. The molecule has 1 unspecified atom stereocenters. The quantitative estimate of drug-likeness (QED) is 0.802. The predicted molar refractivity (Wildman–Crippen MR) is 66.9 cm³/mol. The molecule has 2 aromatic heterocycles. The molecule has 1 atom stereocenters. The lowest BCUT2D eigenvalue weighted by Crippen LogP contribution is -2.40. The number of nitrogens with two attached hydrogens (primary N) is 1. The van der Waals surface area contributed by atoms with Gasteiger partial charge in [-0.25, -0.2) is 9.36 Å². The number of halogens is 3. The van der Waals surface area contributed by atoms with Crippen molar-refractivity contribution in [3.63, 3.8) is 0 Å². The number of aromatic nitrogens is 5. The van der Waals surface area contributed by atoms with Crippen LogP contribution < -0.4 is 11.3 Å². The summed E-state index contributed by atoms with van der Waals surface area (Å²) in [5.74, 6) is -2.14. The van der Waals surface area contributed by atoms with E-state index < -0.39 is 29.2 Å². The second-order valence-corrected chi connectivity index (χ2v) is 4.55.